The van der Waals surface area contributed by atoms with E-state index in [1.165, 1.54) is 0 Å². The van der Waals surface area contributed by atoms with Gasteiger partial charge in [-0.25, -0.2) is 0 Å². The minimum atomic E-state index is -0.546. The normalized spacial score (nSPS) is 14.6. The first-order valence-electron chi connectivity index (χ1n) is 6.10. The van der Waals surface area contributed by atoms with Crippen LogP contribution in [0.15, 0.2) is 0 Å². The van der Waals surface area contributed by atoms with Crippen molar-refractivity contribution in [3.63, 3.8) is 0 Å². The maximum Gasteiger partial charge on any atom is 0.230 e. The molecule has 1 amide bonds. The molecule has 0 aliphatic heterocycles. The van der Waals surface area contributed by atoms with Crippen LogP contribution in [0.1, 0.15) is 41.0 Å². The summed E-state index contributed by atoms with van der Waals surface area (Å²) in [7, 11) is 1.88. The summed E-state index contributed by atoms with van der Waals surface area (Å²) in [5.74, 6) is 1.20. The second kappa shape index (κ2) is 6.10. The molecule has 0 aliphatic carbocycles. The van der Waals surface area contributed by atoms with Gasteiger partial charge in [-0.3, -0.25) is 4.79 Å². The van der Waals surface area contributed by atoms with Gasteiger partial charge in [-0.05, 0) is 53.0 Å². The molecular weight excluding hydrogens is 232 g/mol. The van der Waals surface area contributed by atoms with E-state index in [4.69, 9.17) is 5.73 Å². The second-order valence-electron chi connectivity index (χ2n) is 5.89. The summed E-state index contributed by atoms with van der Waals surface area (Å²) in [4.78, 5) is 14.3. The van der Waals surface area contributed by atoms with E-state index in [-0.39, 0.29) is 11.9 Å². The monoisotopic (exact) mass is 260 g/mol. The fraction of sp³-hybridized carbons (Fsp3) is 0.923. The molecule has 0 bridgehead atoms. The van der Waals surface area contributed by atoms with E-state index in [0.29, 0.717) is 0 Å². The molecule has 0 aromatic carbocycles. The van der Waals surface area contributed by atoms with Crippen molar-refractivity contribution in [1.29, 1.82) is 0 Å². The van der Waals surface area contributed by atoms with Crippen LogP contribution in [0.2, 0.25) is 0 Å². The third-order valence-electron chi connectivity index (χ3n) is 3.87. The molecule has 0 radical (unpaired) electrons. The van der Waals surface area contributed by atoms with Crippen molar-refractivity contribution in [2.45, 2.75) is 52.6 Å². The predicted octanol–water partition coefficient (Wildman–Crippen LogP) is 2.35. The summed E-state index contributed by atoms with van der Waals surface area (Å²) in [6.07, 6.45) is 3.10. The molecule has 3 nitrogen and oxygen atoms in total. The van der Waals surface area contributed by atoms with Gasteiger partial charge in [0.25, 0.3) is 0 Å². The quantitative estimate of drug-likeness (QED) is 0.797. The number of thioether (sulfide) groups is 1. The molecule has 0 aromatic heterocycles. The molecule has 0 aliphatic rings. The summed E-state index contributed by atoms with van der Waals surface area (Å²) in [6.45, 7) is 9.75. The Morgan fingerprint density at radius 1 is 1.35 bits per heavy atom. The first-order chi connectivity index (χ1) is 7.55. The standard InChI is InChI=1S/C13H28N2OS/c1-10(8-9-17-7)15(6)11(16)12(2,3)13(4,5)14/h10H,8-9,14H2,1-7H3. The number of amides is 1. The average Bonchev–Trinajstić information content (AvgIpc) is 2.21. The fourth-order valence-electron chi connectivity index (χ4n) is 1.40. The lowest BCUT2D eigenvalue weighted by Gasteiger charge is -2.41. The van der Waals surface area contributed by atoms with Crippen LogP contribution in [0.25, 0.3) is 0 Å². The molecule has 1 atom stereocenters. The molecule has 0 heterocycles. The number of nitrogens with two attached hydrogens (primary N) is 1. The lowest BCUT2D eigenvalue weighted by Crippen LogP contribution is -2.57. The molecule has 102 valence electrons. The van der Waals surface area contributed by atoms with Gasteiger partial charge < -0.3 is 10.6 Å². The smallest absolute Gasteiger partial charge is 0.230 e. The lowest BCUT2D eigenvalue weighted by atomic mass is 9.74. The largest absolute Gasteiger partial charge is 0.343 e. The number of nitrogens with zero attached hydrogens (tertiary/aromatic N) is 1. The Bertz CT molecular complexity index is 259. The summed E-state index contributed by atoms with van der Waals surface area (Å²) >= 11 is 1.81. The number of carbonyl (C=O) groups is 1. The van der Waals surface area contributed by atoms with E-state index in [0.717, 1.165) is 12.2 Å². The van der Waals surface area contributed by atoms with Gasteiger partial charge in [-0.2, -0.15) is 11.8 Å². The highest BCUT2D eigenvalue weighted by Crippen LogP contribution is 2.31. The summed E-state index contributed by atoms with van der Waals surface area (Å²) in [5.41, 5.74) is 5.04. The van der Waals surface area contributed by atoms with Crippen molar-refractivity contribution in [2.24, 2.45) is 11.1 Å². The van der Waals surface area contributed by atoms with Crippen LogP contribution in [-0.4, -0.2) is 41.4 Å². The summed E-state index contributed by atoms with van der Waals surface area (Å²) < 4.78 is 0. The minimum Gasteiger partial charge on any atom is -0.343 e. The second-order valence-corrected chi connectivity index (χ2v) is 6.88. The van der Waals surface area contributed by atoms with Crippen LogP contribution in [0, 0.1) is 5.41 Å². The van der Waals surface area contributed by atoms with Crippen LogP contribution < -0.4 is 5.73 Å². The van der Waals surface area contributed by atoms with Gasteiger partial charge in [0, 0.05) is 18.6 Å². The minimum absolute atomic E-state index is 0.124. The topological polar surface area (TPSA) is 46.3 Å². The molecule has 2 N–H and O–H groups in total. The Balaban J connectivity index is 4.70. The third-order valence-corrected chi connectivity index (χ3v) is 4.51. The zero-order valence-electron chi connectivity index (χ0n) is 12.3. The van der Waals surface area contributed by atoms with Gasteiger partial charge in [0.1, 0.15) is 0 Å². The van der Waals surface area contributed by atoms with Crippen molar-refractivity contribution in [1.82, 2.24) is 4.90 Å². The van der Waals surface area contributed by atoms with E-state index < -0.39 is 11.0 Å². The molecule has 0 rings (SSSR count). The first-order valence-corrected chi connectivity index (χ1v) is 7.50. The van der Waals surface area contributed by atoms with Crippen LogP contribution in [0.3, 0.4) is 0 Å². The molecule has 17 heavy (non-hydrogen) atoms. The Hall–Kier alpha value is -0.220. The Morgan fingerprint density at radius 3 is 2.18 bits per heavy atom. The molecule has 0 spiro atoms. The van der Waals surface area contributed by atoms with E-state index >= 15 is 0 Å². The number of carbonyl (C=O) groups excluding carboxylic acids is 1. The zero-order valence-corrected chi connectivity index (χ0v) is 13.1. The van der Waals surface area contributed by atoms with Crippen molar-refractivity contribution in [2.75, 3.05) is 19.1 Å². The van der Waals surface area contributed by atoms with E-state index in [2.05, 4.69) is 13.2 Å². The number of rotatable bonds is 6. The van der Waals surface area contributed by atoms with Gasteiger partial charge in [0.05, 0.1) is 5.41 Å². The summed E-state index contributed by atoms with van der Waals surface area (Å²) in [6, 6.07) is 0.261. The molecular formula is C13H28N2OS. The van der Waals surface area contributed by atoms with E-state index in [1.54, 1.807) is 0 Å². The number of hydrogen-bond donors (Lipinski definition) is 1. The highest BCUT2D eigenvalue weighted by molar-refractivity contribution is 7.98. The third kappa shape index (κ3) is 4.18. The van der Waals surface area contributed by atoms with Gasteiger partial charge >= 0.3 is 0 Å². The molecule has 1 unspecified atom stereocenters. The van der Waals surface area contributed by atoms with Crippen molar-refractivity contribution in [3.05, 3.63) is 0 Å². The summed E-state index contributed by atoms with van der Waals surface area (Å²) in [5, 5.41) is 0. The Morgan fingerprint density at radius 2 is 1.82 bits per heavy atom. The SMILES string of the molecule is CSCCC(C)N(C)C(=O)C(C)(C)C(C)(C)N. The first kappa shape index (κ1) is 16.8. The molecule has 0 aromatic rings. The molecule has 4 heteroatoms. The van der Waals surface area contributed by atoms with Gasteiger partial charge in [-0.15, -0.1) is 0 Å². The predicted molar refractivity (Wildman–Crippen MR) is 77.3 cm³/mol. The van der Waals surface area contributed by atoms with Crippen LogP contribution in [0.5, 0.6) is 0 Å². The fourth-order valence-corrected chi connectivity index (χ4v) is 1.98. The van der Waals surface area contributed by atoms with Crippen molar-refractivity contribution >= 4 is 17.7 Å². The van der Waals surface area contributed by atoms with E-state index in [1.807, 2.05) is 51.4 Å². The Kier molecular flexibility index (Phi) is 6.02. The van der Waals surface area contributed by atoms with Crippen LogP contribution in [0.4, 0.5) is 0 Å². The number of hydrogen-bond acceptors (Lipinski definition) is 3. The highest BCUT2D eigenvalue weighted by atomic mass is 32.2. The van der Waals surface area contributed by atoms with E-state index in [9.17, 15) is 4.79 Å². The van der Waals surface area contributed by atoms with Crippen molar-refractivity contribution < 1.29 is 4.79 Å². The lowest BCUT2D eigenvalue weighted by molar-refractivity contribution is -0.144. The highest BCUT2D eigenvalue weighted by Gasteiger charge is 2.42. The Labute approximate surface area is 111 Å². The zero-order chi connectivity index (χ0) is 13.9. The molecule has 0 fully saturated rings. The van der Waals surface area contributed by atoms with Crippen LogP contribution in [-0.2, 0) is 4.79 Å². The molecule has 0 saturated heterocycles. The maximum atomic E-state index is 12.5. The molecule has 0 saturated carbocycles. The van der Waals surface area contributed by atoms with Gasteiger partial charge in [0.2, 0.25) is 5.91 Å². The van der Waals surface area contributed by atoms with Gasteiger partial charge in [0.15, 0.2) is 0 Å². The maximum absolute atomic E-state index is 12.5. The van der Waals surface area contributed by atoms with Crippen LogP contribution >= 0.6 is 11.8 Å². The van der Waals surface area contributed by atoms with Crippen molar-refractivity contribution in [3.8, 4) is 0 Å². The average molecular weight is 260 g/mol. The van der Waals surface area contributed by atoms with Gasteiger partial charge in [-0.1, -0.05) is 0 Å².